The molecule has 0 fully saturated rings. The molecular weight excluding hydrogens is 214 g/mol. The number of hydrogen-bond donors (Lipinski definition) is 3. The number of fused-ring (bicyclic) bond motifs is 1. The highest BCUT2D eigenvalue weighted by atomic mass is 32.1. The summed E-state index contributed by atoms with van der Waals surface area (Å²) in [6.07, 6.45) is 0. The van der Waals surface area contributed by atoms with Gasteiger partial charge in [0, 0.05) is 12.6 Å². The van der Waals surface area contributed by atoms with Gasteiger partial charge in [-0.2, -0.15) is 0 Å². The minimum atomic E-state index is -0.112. The summed E-state index contributed by atoms with van der Waals surface area (Å²) < 4.78 is 0.901. The Labute approximate surface area is 89.7 Å². The van der Waals surface area contributed by atoms with Gasteiger partial charge in [0.25, 0.3) is 0 Å². The van der Waals surface area contributed by atoms with Crippen molar-refractivity contribution in [3.8, 4) is 0 Å². The number of aromatic nitrogens is 1. The molecule has 0 atom stereocenters. The summed E-state index contributed by atoms with van der Waals surface area (Å²) in [4.78, 5) is 14.9. The highest BCUT2D eigenvalue weighted by Crippen LogP contribution is 2.27. The number of hydrogen-bond acceptors (Lipinski definition) is 5. The van der Waals surface area contributed by atoms with E-state index in [0.717, 1.165) is 15.9 Å². The Morgan fingerprint density at radius 3 is 3.00 bits per heavy atom. The summed E-state index contributed by atoms with van der Waals surface area (Å²) in [6.45, 7) is 1.46. The van der Waals surface area contributed by atoms with Crippen LogP contribution >= 0.6 is 11.3 Å². The predicted octanol–water partition coefficient (Wildman–Crippen LogP) is 2.06. The quantitative estimate of drug-likeness (QED) is 0.681. The zero-order valence-electron chi connectivity index (χ0n) is 7.94. The van der Waals surface area contributed by atoms with Crippen LogP contribution in [0.4, 0.5) is 10.8 Å². The number of anilines is 2. The van der Waals surface area contributed by atoms with Gasteiger partial charge in [0.05, 0.1) is 10.2 Å². The number of benzene rings is 1. The maximum Gasteiger partial charge on any atom is 0.221 e. The van der Waals surface area contributed by atoms with Gasteiger partial charge >= 0.3 is 0 Å². The maximum absolute atomic E-state index is 10.8. The third-order valence-electron chi connectivity index (χ3n) is 1.80. The van der Waals surface area contributed by atoms with Gasteiger partial charge in [0.2, 0.25) is 11.0 Å². The van der Waals surface area contributed by atoms with Crippen LogP contribution in [0.25, 0.3) is 10.2 Å². The van der Waals surface area contributed by atoms with Crippen LogP contribution in [0.2, 0.25) is 0 Å². The zero-order chi connectivity index (χ0) is 10.8. The van der Waals surface area contributed by atoms with Gasteiger partial charge in [0.1, 0.15) is 0 Å². The van der Waals surface area contributed by atoms with E-state index < -0.39 is 0 Å². The molecule has 5 nitrogen and oxygen atoms in total. The second kappa shape index (κ2) is 3.84. The minimum absolute atomic E-state index is 0.112. The lowest BCUT2D eigenvalue weighted by Crippen LogP contribution is -2.05. The van der Waals surface area contributed by atoms with Gasteiger partial charge in [-0.3, -0.25) is 10.0 Å². The fraction of sp³-hybridized carbons (Fsp3) is 0.111. The van der Waals surface area contributed by atoms with Crippen LogP contribution in [0.15, 0.2) is 18.2 Å². The van der Waals surface area contributed by atoms with Gasteiger partial charge < -0.3 is 5.32 Å². The van der Waals surface area contributed by atoms with Crippen molar-refractivity contribution in [1.82, 2.24) is 4.98 Å². The fourth-order valence-electron chi connectivity index (χ4n) is 1.25. The first-order valence-corrected chi connectivity index (χ1v) is 5.09. The van der Waals surface area contributed by atoms with E-state index in [-0.39, 0.29) is 5.91 Å². The molecule has 1 heterocycles. The minimum Gasteiger partial charge on any atom is -0.326 e. The van der Waals surface area contributed by atoms with E-state index in [4.69, 9.17) is 5.21 Å². The molecule has 6 heteroatoms. The Kier molecular flexibility index (Phi) is 2.53. The fourth-order valence-corrected chi connectivity index (χ4v) is 2.06. The van der Waals surface area contributed by atoms with Gasteiger partial charge in [0.15, 0.2) is 0 Å². The first-order valence-electron chi connectivity index (χ1n) is 4.27. The Morgan fingerprint density at radius 1 is 1.53 bits per heavy atom. The van der Waals surface area contributed by atoms with Gasteiger partial charge in [-0.25, -0.2) is 10.5 Å². The van der Waals surface area contributed by atoms with Crippen molar-refractivity contribution in [3.05, 3.63) is 18.2 Å². The first-order chi connectivity index (χ1) is 7.19. The lowest BCUT2D eigenvalue weighted by Gasteiger charge is -1.99. The molecule has 1 amide bonds. The standard InChI is InChI=1S/C9H9N3O2S/c1-5(13)10-6-2-3-7-8(4-6)15-9(11-7)12-14/h2-4,14H,1H3,(H,10,13)(H,11,12). The van der Waals surface area contributed by atoms with Crippen molar-refractivity contribution in [1.29, 1.82) is 0 Å². The molecule has 0 spiro atoms. The third kappa shape index (κ3) is 2.05. The van der Waals surface area contributed by atoms with Crippen LogP contribution in [-0.4, -0.2) is 16.1 Å². The molecule has 0 bridgehead atoms. The maximum atomic E-state index is 10.8. The molecule has 0 unspecified atom stereocenters. The second-order valence-corrected chi connectivity index (χ2v) is 4.03. The summed E-state index contributed by atoms with van der Waals surface area (Å²) in [5, 5.41) is 11.8. The van der Waals surface area contributed by atoms with E-state index >= 15 is 0 Å². The number of amides is 1. The highest BCUT2D eigenvalue weighted by molar-refractivity contribution is 7.22. The zero-order valence-corrected chi connectivity index (χ0v) is 8.76. The summed E-state index contributed by atoms with van der Waals surface area (Å²) in [5.74, 6) is -0.112. The molecule has 2 rings (SSSR count). The molecule has 1 aromatic heterocycles. The molecule has 0 aliphatic rings. The number of carbonyl (C=O) groups excluding carboxylic acids is 1. The van der Waals surface area contributed by atoms with Gasteiger partial charge in [-0.15, -0.1) is 0 Å². The molecule has 0 aliphatic carbocycles. The van der Waals surface area contributed by atoms with E-state index in [1.807, 2.05) is 11.5 Å². The van der Waals surface area contributed by atoms with Crippen molar-refractivity contribution >= 4 is 38.3 Å². The molecule has 0 saturated heterocycles. The monoisotopic (exact) mass is 223 g/mol. The SMILES string of the molecule is CC(=O)Nc1ccc2nc(NO)sc2c1. The van der Waals surface area contributed by atoms with E-state index in [1.165, 1.54) is 18.3 Å². The van der Waals surface area contributed by atoms with Crippen molar-refractivity contribution in [2.75, 3.05) is 10.8 Å². The molecule has 1 aromatic carbocycles. The molecule has 15 heavy (non-hydrogen) atoms. The van der Waals surface area contributed by atoms with Gasteiger partial charge in [-0.1, -0.05) is 11.3 Å². The first kappa shape index (κ1) is 9.88. The van der Waals surface area contributed by atoms with Crippen LogP contribution in [0, 0.1) is 0 Å². The van der Waals surface area contributed by atoms with Crippen LogP contribution in [-0.2, 0) is 4.79 Å². The number of nitrogens with one attached hydrogen (secondary N) is 2. The number of thiazole rings is 1. The molecule has 2 aromatic rings. The Balaban J connectivity index is 2.41. The third-order valence-corrected chi connectivity index (χ3v) is 2.73. The average Bonchev–Trinajstić information content (AvgIpc) is 2.58. The normalized spacial score (nSPS) is 10.3. The van der Waals surface area contributed by atoms with Crippen LogP contribution in [0.3, 0.4) is 0 Å². The summed E-state index contributed by atoms with van der Waals surface area (Å²) in [7, 11) is 0. The average molecular weight is 223 g/mol. The Hall–Kier alpha value is -1.66. The molecule has 78 valence electrons. The largest absolute Gasteiger partial charge is 0.326 e. The van der Waals surface area contributed by atoms with Crippen LogP contribution < -0.4 is 10.8 Å². The lowest BCUT2D eigenvalue weighted by atomic mass is 10.3. The number of nitrogens with zero attached hydrogens (tertiary/aromatic N) is 1. The van der Waals surface area contributed by atoms with E-state index in [0.29, 0.717) is 5.13 Å². The Bertz CT molecular complexity index is 509. The van der Waals surface area contributed by atoms with Crippen molar-refractivity contribution < 1.29 is 10.0 Å². The van der Waals surface area contributed by atoms with Crippen molar-refractivity contribution in [3.63, 3.8) is 0 Å². The molecule has 0 aliphatic heterocycles. The predicted molar refractivity (Wildman–Crippen MR) is 59.3 cm³/mol. The van der Waals surface area contributed by atoms with Crippen LogP contribution in [0.5, 0.6) is 0 Å². The van der Waals surface area contributed by atoms with Gasteiger partial charge in [-0.05, 0) is 18.2 Å². The molecule has 0 saturated carbocycles. The van der Waals surface area contributed by atoms with Crippen LogP contribution in [0.1, 0.15) is 6.92 Å². The van der Waals surface area contributed by atoms with E-state index in [2.05, 4.69) is 10.3 Å². The van der Waals surface area contributed by atoms with E-state index in [9.17, 15) is 4.79 Å². The smallest absolute Gasteiger partial charge is 0.221 e. The molecule has 3 N–H and O–H groups in total. The molecule has 0 radical (unpaired) electrons. The topological polar surface area (TPSA) is 74.2 Å². The van der Waals surface area contributed by atoms with E-state index in [1.54, 1.807) is 12.1 Å². The van der Waals surface area contributed by atoms with Crippen molar-refractivity contribution in [2.24, 2.45) is 0 Å². The molecular formula is C9H9N3O2S. The number of carbonyl (C=O) groups is 1. The Morgan fingerprint density at radius 2 is 2.33 bits per heavy atom. The summed E-state index contributed by atoms with van der Waals surface area (Å²) >= 11 is 1.31. The summed E-state index contributed by atoms with van der Waals surface area (Å²) in [6, 6.07) is 5.37. The number of rotatable bonds is 2. The lowest BCUT2D eigenvalue weighted by molar-refractivity contribution is -0.114. The summed E-state index contributed by atoms with van der Waals surface area (Å²) in [5.41, 5.74) is 3.50. The van der Waals surface area contributed by atoms with Crippen molar-refractivity contribution in [2.45, 2.75) is 6.92 Å². The second-order valence-electron chi connectivity index (χ2n) is 2.99. The highest BCUT2D eigenvalue weighted by Gasteiger charge is 2.04.